The van der Waals surface area contributed by atoms with Gasteiger partial charge in [-0.1, -0.05) is 12.5 Å². The minimum absolute atomic E-state index is 0.485. The average molecular weight is 268 g/mol. The molecule has 1 fully saturated rings. The van der Waals surface area contributed by atoms with Crippen LogP contribution in [0.1, 0.15) is 53.9 Å². The summed E-state index contributed by atoms with van der Waals surface area (Å²) < 4.78 is 0. The Morgan fingerprint density at radius 2 is 2.25 bits per heavy atom. The number of rotatable bonds is 5. The van der Waals surface area contributed by atoms with Gasteiger partial charge >= 0.3 is 0 Å². The van der Waals surface area contributed by atoms with Gasteiger partial charge in [-0.15, -0.1) is 5.10 Å². The normalized spacial score (nSPS) is 15.5. The summed E-state index contributed by atoms with van der Waals surface area (Å²) in [4.78, 5) is 0. The van der Waals surface area contributed by atoms with E-state index in [0.717, 1.165) is 17.5 Å². The van der Waals surface area contributed by atoms with E-state index in [9.17, 15) is 5.26 Å². The van der Waals surface area contributed by atoms with Crippen molar-refractivity contribution in [3.05, 3.63) is 34.4 Å². The maximum Gasteiger partial charge on any atom is 0.122 e. The summed E-state index contributed by atoms with van der Waals surface area (Å²) in [7, 11) is 0. The average Bonchev–Trinajstić information content (AvgIpc) is 2.36. The fourth-order valence-electron chi connectivity index (χ4n) is 2.61. The zero-order chi connectivity index (χ0) is 14.5. The highest BCUT2D eigenvalue weighted by molar-refractivity contribution is 5.80. The van der Waals surface area contributed by atoms with Gasteiger partial charge in [0.2, 0.25) is 0 Å². The maximum atomic E-state index is 9.18. The van der Waals surface area contributed by atoms with E-state index in [4.69, 9.17) is 5.73 Å². The Bertz CT molecular complexity index is 577. The monoisotopic (exact) mass is 268 g/mol. The van der Waals surface area contributed by atoms with Crippen LogP contribution in [0, 0.1) is 18.3 Å². The maximum absolute atomic E-state index is 9.18. The van der Waals surface area contributed by atoms with Gasteiger partial charge in [0, 0.05) is 13.1 Å². The molecule has 104 valence electrons. The largest absolute Gasteiger partial charge is 0.386 e. The second kappa shape index (κ2) is 6.33. The molecule has 1 saturated carbocycles. The molecule has 20 heavy (non-hydrogen) atoms. The Kier molecular flexibility index (Phi) is 4.52. The lowest BCUT2D eigenvalue weighted by Crippen LogP contribution is -2.15. The zero-order valence-electron chi connectivity index (χ0n) is 11.9. The Morgan fingerprint density at radius 3 is 2.80 bits per heavy atom. The highest BCUT2D eigenvalue weighted by Crippen LogP contribution is 2.39. The summed E-state index contributed by atoms with van der Waals surface area (Å²) in [5, 5.41) is 16.4. The van der Waals surface area contributed by atoms with Crippen molar-refractivity contribution in [3.63, 3.8) is 0 Å². The van der Waals surface area contributed by atoms with Crippen molar-refractivity contribution in [3.8, 4) is 6.07 Å². The number of hydrogen-bond acceptors (Lipinski definition) is 3. The molecular formula is C16H20N4. The summed E-state index contributed by atoms with van der Waals surface area (Å²) in [6.45, 7) is 5.30. The molecule has 1 aromatic carbocycles. The minimum atomic E-state index is 0.485. The van der Waals surface area contributed by atoms with Crippen LogP contribution in [0.15, 0.2) is 22.3 Å². The van der Waals surface area contributed by atoms with E-state index >= 15 is 0 Å². The molecule has 0 atom stereocenters. The Morgan fingerprint density at radius 1 is 1.50 bits per heavy atom. The summed E-state index contributed by atoms with van der Waals surface area (Å²) in [6.07, 6.45) is 5.23. The van der Waals surface area contributed by atoms with Crippen molar-refractivity contribution < 1.29 is 0 Å². The van der Waals surface area contributed by atoms with Crippen LogP contribution in [-0.4, -0.2) is 12.6 Å². The lowest BCUT2D eigenvalue weighted by molar-refractivity contribution is 0.417. The van der Waals surface area contributed by atoms with E-state index in [0.29, 0.717) is 18.2 Å². The van der Waals surface area contributed by atoms with Crippen LogP contribution in [0.3, 0.4) is 0 Å². The predicted octanol–water partition coefficient (Wildman–Crippen LogP) is 3.04. The van der Waals surface area contributed by atoms with Crippen molar-refractivity contribution in [2.24, 2.45) is 15.9 Å². The molecule has 1 aliphatic rings. The molecule has 4 heteroatoms. The lowest BCUT2D eigenvalue weighted by Gasteiger charge is -2.28. The minimum Gasteiger partial charge on any atom is -0.386 e. The van der Waals surface area contributed by atoms with E-state index in [1.54, 1.807) is 0 Å². The Labute approximate surface area is 120 Å². The Balaban J connectivity index is 2.26. The molecule has 0 heterocycles. The van der Waals surface area contributed by atoms with E-state index in [2.05, 4.69) is 29.1 Å². The molecular weight excluding hydrogens is 248 g/mol. The van der Waals surface area contributed by atoms with Crippen molar-refractivity contribution in [1.29, 1.82) is 5.26 Å². The molecule has 0 aromatic heterocycles. The number of benzene rings is 1. The van der Waals surface area contributed by atoms with Gasteiger partial charge in [-0.25, -0.2) is 0 Å². The molecule has 0 aliphatic heterocycles. The van der Waals surface area contributed by atoms with Gasteiger partial charge in [0.1, 0.15) is 5.84 Å². The highest BCUT2D eigenvalue weighted by Gasteiger charge is 2.23. The summed E-state index contributed by atoms with van der Waals surface area (Å²) >= 11 is 0. The van der Waals surface area contributed by atoms with Crippen molar-refractivity contribution >= 4 is 12.6 Å². The van der Waals surface area contributed by atoms with Crippen molar-refractivity contribution in [1.82, 2.24) is 0 Å². The first-order chi connectivity index (χ1) is 9.65. The molecule has 0 bridgehead atoms. The Hall–Kier alpha value is -2.15. The molecule has 0 unspecified atom stereocenters. The molecule has 0 radical (unpaired) electrons. The van der Waals surface area contributed by atoms with Crippen molar-refractivity contribution in [2.45, 2.75) is 44.9 Å². The van der Waals surface area contributed by atoms with Crippen LogP contribution in [0.5, 0.6) is 0 Å². The highest BCUT2D eigenvalue weighted by atomic mass is 15.2. The van der Waals surface area contributed by atoms with Crippen LogP contribution in [0.2, 0.25) is 0 Å². The van der Waals surface area contributed by atoms with Gasteiger partial charge < -0.3 is 5.73 Å². The molecule has 1 aromatic rings. The lowest BCUT2D eigenvalue weighted by atomic mass is 9.76. The first-order valence-electron chi connectivity index (χ1n) is 6.97. The van der Waals surface area contributed by atoms with E-state index < -0.39 is 0 Å². The fraction of sp³-hybridized carbons (Fsp3) is 0.438. The van der Waals surface area contributed by atoms with Gasteiger partial charge in [0.25, 0.3) is 0 Å². The van der Waals surface area contributed by atoms with Crippen LogP contribution >= 0.6 is 0 Å². The second-order valence-corrected chi connectivity index (χ2v) is 5.34. The smallest absolute Gasteiger partial charge is 0.122 e. The predicted molar refractivity (Wildman–Crippen MR) is 82.0 cm³/mol. The SMILES string of the molecule is C=N/N=C(/N)CCc1cc(C#N)c(C)cc1C1CCC1. The summed E-state index contributed by atoms with van der Waals surface area (Å²) in [5.74, 6) is 1.13. The van der Waals surface area contributed by atoms with Gasteiger partial charge in [-0.2, -0.15) is 10.4 Å². The molecule has 0 saturated heterocycles. The number of aryl methyl sites for hydroxylation is 2. The molecule has 4 nitrogen and oxygen atoms in total. The van der Waals surface area contributed by atoms with Crippen molar-refractivity contribution in [2.75, 3.05) is 0 Å². The third kappa shape index (κ3) is 3.05. The standard InChI is InChI=1S/C16H20N4/c1-11-8-15(12-4-3-5-12)13(9-14(11)10-17)6-7-16(18)20-19-2/h8-9,12H,2-7H2,1H3,(H2,18,20). The first kappa shape index (κ1) is 14.3. The summed E-state index contributed by atoms with van der Waals surface area (Å²) in [5.41, 5.74) is 10.2. The van der Waals surface area contributed by atoms with Crippen LogP contribution in [0.25, 0.3) is 0 Å². The first-order valence-corrected chi connectivity index (χ1v) is 6.97. The van der Waals surface area contributed by atoms with Gasteiger partial charge in [-0.05, 0) is 54.9 Å². The molecule has 2 N–H and O–H groups in total. The topological polar surface area (TPSA) is 74.5 Å². The number of hydrogen-bond donors (Lipinski definition) is 1. The second-order valence-electron chi connectivity index (χ2n) is 5.34. The molecule has 2 rings (SSSR count). The van der Waals surface area contributed by atoms with Gasteiger partial charge in [0.05, 0.1) is 11.6 Å². The summed E-state index contributed by atoms with van der Waals surface area (Å²) in [6, 6.07) is 6.45. The number of nitrogens with two attached hydrogens (primary N) is 1. The fourth-order valence-corrected chi connectivity index (χ4v) is 2.61. The van der Waals surface area contributed by atoms with Crippen LogP contribution < -0.4 is 5.73 Å². The molecule has 1 aliphatic carbocycles. The van der Waals surface area contributed by atoms with Gasteiger partial charge in [0.15, 0.2) is 0 Å². The van der Waals surface area contributed by atoms with E-state index in [1.807, 2.05) is 13.0 Å². The molecule has 0 spiro atoms. The third-order valence-electron chi connectivity index (χ3n) is 4.00. The number of nitrogens with zero attached hydrogens (tertiary/aromatic N) is 3. The zero-order valence-corrected chi connectivity index (χ0v) is 11.9. The van der Waals surface area contributed by atoms with Crippen LogP contribution in [0.4, 0.5) is 0 Å². The number of amidine groups is 1. The van der Waals surface area contributed by atoms with E-state index in [-0.39, 0.29) is 0 Å². The number of nitriles is 1. The molecule has 0 amide bonds. The third-order valence-corrected chi connectivity index (χ3v) is 4.00. The van der Waals surface area contributed by atoms with Crippen LogP contribution in [-0.2, 0) is 6.42 Å². The van der Waals surface area contributed by atoms with E-state index in [1.165, 1.54) is 30.4 Å². The quantitative estimate of drug-likeness (QED) is 0.506. The van der Waals surface area contributed by atoms with Gasteiger partial charge in [-0.3, -0.25) is 0 Å².